The number of nitrogens with zero attached hydrogens (tertiary/aromatic N) is 2. The van der Waals surface area contributed by atoms with E-state index < -0.39 is 4.92 Å². The van der Waals surface area contributed by atoms with Gasteiger partial charge in [0.15, 0.2) is 0 Å². The van der Waals surface area contributed by atoms with Crippen LogP contribution < -0.4 is 5.43 Å². The number of hydrogen-bond acceptors (Lipinski definition) is 4. The van der Waals surface area contributed by atoms with Gasteiger partial charge >= 0.3 is 0 Å². The molecule has 2 atom stereocenters. The first-order valence-electron chi connectivity index (χ1n) is 6.58. The summed E-state index contributed by atoms with van der Waals surface area (Å²) >= 11 is 12.2. The van der Waals surface area contributed by atoms with Crippen LogP contribution in [0.2, 0.25) is 10.0 Å². The number of nitrogens with one attached hydrogen (secondary N) is 1. The molecule has 0 saturated carbocycles. The molecule has 5 nitrogen and oxygen atoms in total. The molecule has 1 aromatic rings. The Morgan fingerprint density at radius 3 is 2.20 bits per heavy atom. The van der Waals surface area contributed by atoms with Crippen molar-refractivity contribution in [3.63, 3.8) is 0 Å². The molecule has 0 amide bonds. The van der Waals surface area contributed by atoms with Crippen molar-refractivity contribution in [1.82, 2.24) is 5.01 Å². The van der Waals surface area contributed by atoms with Gasteiger partial charge in [-0.25, -0.2) is 5.01 Å². The summed E-state index contributed by atoms with van der Waals surface area (Å²) < 4.78 is 0. The third kappa shape index (κ3) is 3.16. The van der Waals surface area contributed by atoms with E-state index in [2.05, 4.69) is 24.3 Å². The van der Waals surface area contributed by atoms with Crippen LogP contribution in [0.25, 0.3) is 0 Å². The SMILES string of the molecule is CC1CCCC(C)N1Nc1c(Cl)cc([N+](=O)[O-])cc1Cl. The maximum Gasteiger partial charge on any atom is 0.272 e. The van der Waals surface area contributed by atoms with Crippen LogP contribution in [0.3, 0.4) is 0 Å². The number of benzene rings is 1. The molecule has 1 saturated heterocycles. The summed E-state index contributed by atoms with van der Waals surface area (Å²) in [6.45, 7) is 4.27. The molecule has 1 fully saturated rings. The van der Waals surface area contributed by atoms with Gasteiger partial charge in [0.05, 0.1) is 20.7 Å². The average Bonchev–Trinajstić information content (AvgIpc) is 2.36. The van der Waals surface area contributed by atoms with Crippen LogP contribution in [0.1, 0.15) is 33.1 Å². The predicted octanol–water partition coefficient (Wildman–Crippen LogP) is 4.49. The molecule has 7 heteroatoms. The minimum absolute atomic E-state index is 0.106. The lowest BCUT2D eigenvalue weighted by Gasteiger charge is -2.39. The first-order chi connectivity index (χ1) is 9.40. The van der Waals surface area contributed by atoms with Crippen LogP contribution in [0.5, 0.6) is 0 Å². The monoisotopic (exact) mass is 317 g/mol. The smallest absolute Gasteiger partial charge is 0.272 e. The fourth-order valence-electron chi connectivity index (χ4n) is 2.54. The first kappa shape index (κ1) is 15.4. The minimum atomic E-state index is -0.506. The molecule has 1 aromatic carbocycles. The molecule has 110 valence electrons. The van der Waals surface area contributed by atoms with Gasteiger partial charge in [0.25, 0.3) is 5.69 Å². The van der Waals surface area contributed by atoms with Gasteiger partial charge in [0, 0.05) is 24.2 Å². The zero-order valence-corrected chi connectivity index (χ0v) is 12.9. The highest BCUT2D eigenvalue weighted by Gasteiger charge is 2.26. The van der Waals surface area contributed by atoms with Gasteiger partial charge in [0.1, 0.15) is 0 Å². The molecule has 0 aromatic heterocycles. The molecule has 2 rings (SSSR count). The highest BCUT2D eigenvalue weighted by atomic mass is 35.5. The molecule has 0 radical (unpaired) electrons. The molecule has 20 heavy (non-hydrogen) atoms. The normalized spacial score (nSPS) is 23.6. The van der Waals surface area contributed by atoms with E-state index >= 15 is 0 Å². The summed E-state index contributed by atoms with van der Waals surface area (Å²) in [5.74, 6) is 0. The van der Waals surface area contributed by atoms with Gasteiger partial charge in [0.2, 0.25) is 0 Å². The average molecular weight is 318 g/mol. The number of piperidine rings is 1. The number of nitro groups is 1. The Hall–Kier alpha value is -1.04. The Labute approximate surface area is 128 Å². The number of hydrazine groups is 1. The van der Waals surface area contributed by atoms with Crippen LogP contribution >= 0.6 is 23.2 Å². The lowest BCUT2D eigenvalue weighted by atomic mass is 10.00. The van der Waals surface area contributed by atoms with Crippen molar-refractivity contribution in [1.29, 1.82) is 0 Å². The van der Waals surface area contributed by atoms with Crippen LogP contribution in [-0.2, 0) is 0 Å². The van der Waals surface area contributed by atoms with Crippen molar-refractivity contribution in [2.75, 3.05) is 5.43 Å². The maximum absolute atomic E-state index is 10.8. The van der Waals surface area contributed by atoms with Gasteiger partial charge in [-0.15, -0.1) is 0 Å². The van der Waals surface area contributed by atoms with Crippen LogP contribution in [0.4, 0.5) is 11.4 Å². The van der Waals surface area contributed by atoms with Crippen molar-refractivity contribution in [2.24, 2.45) is 0 Å². The van der Waals surface area contributed by atoms with E-state index in [4.69, 9.17) is 23.2 Å². The fourth-order valence-corrected chi connectivity index (χ4v) is 3.10. The Morgan fingerprint density at radius 1 is 1.25 bits per heavy atom. The van der Waals surface area contributed by atoms with E-state index in [-0.39, 0.29) is 15.7 Å². The van der Waals surface area contributed by atoms with E-state index in [1.54, 1.807) is 0 Å². The number of non-ortho nitro benzene ring substituents is 1. The molecule has 1 aliphatic heterocycles. The van der Waals surface area contributed by atoms with Gasteiger partial charge in [-0.1, -0.05) is 29.6 Å². The van der Waals surface area contributed by atoms with E-state index in [1.807, 2.05) is 0 Å². The number of anilines is 1. The molecular formula is C13H17Cl2N3O2. The number of halogens is 2. The van der Waals surface area contributed by atoms with Gasteiger partial charge in [-0.2, -0.15) is 0 Å². The Morgan fingerprint density at radius 2 is 1.75 bits per heavy atom. The predicted molar refractivity (Wildman–Crippen MR) is 81.4 cm³/mol. The molecule has 0 spiro atoms. The second kappa shape index (κ2) is 6.16. The Kier molecular flexibility index (Phi) is 4.73. The van der Waals surface area contributed by atoms with Crippen LogP contribution in [-0.4, -0.2) is 22.0 Å². The van der Waals surface area contributed by atoms with Crippen molar-refractivity contribution < 1.29 is 4.92 Å². The van der Waals surface area contributed by atoms with Crippen molar-refractivity contribution >= 4 is 34.6 Å². The topological polar surface area (TPSA) is 58.4 Å². The van der Waals surface area contributed by atoms with Gasteiger partial charge < -0.3 is 5.43 Å². The summed E-state index contributed by atoms with van der Waals surface area (Å²) in [4.78, 5) is 10.3. The third-order valence-corrected chi connectivity index (χ3v) is 4.27. The maximum atomic E-state index is 10.8. The van der Waals surface area contributed by atoms with E-state index in [0.717, 1.165) is 12.8 Å². The van der Waals surface area contributed by atoms with Crippen molar-refractivity contribution in [3.8, 4) is 0 Å². The molecule has 1 heterocycles. The fraction of sp³-hybridized carbons (Fsp3) is 0.538. The van der Waals surface area contributed by atoms with E-state index in [9.17, 15) is 10.1 Å². The first-order valence-corrected chi connectivity index (χ1v) is 7.34. The van der Waals surface area contributed by atoms with Gasteiger partial charge in [-0.3, -0.25) is 10.1 Å². The standard InChI is InChI=1S/C13H17Cl2N3O2/c1-8-4-3-5-9(2)17(8)16-13-11(14)6-10(18(19)20)7-12(13)15/h6-9,16H,3-5H2,1-2H3. The van der Waals surface area contributed by atoms with Crippen LogP contribution in [0.15, 0.2) is 12.1 Å². The minimum Gasteiger partial charge on any atom is -0.316 e. The second-order valence-electron chi connectivity index (χ2n) is 5.19. The molecule has 1 N–H and O–H groups in total. The van der Waals surface area contributed by atoms with Crippen molar-refractivity contribution in [2.45, 2.75) is 45.2 Å². The highest BCUT2D eigenvalue weighted by molar-refractivity contribution is 6.39. The third-order valence-electron chi connectivity index (χ3n) is 3.67. The zero-order valence-electron chi connectivity index (χ0n) is 11.4. The molecule has 0 bridgehead atoms. The Bertz CT molecular complexity index is 491. The van der Waals surface area contributed by atoms with Crippen LogP contribution in [0, 0.1) is 10.1 Å². The molecule has 0 aliphatic carbocycles. The largest absolute Gasteiger partial charge is 0.316 e. The van der Waals surface area contributed by atoms with E-state index in [0.29, 0.717) is 17.8 Å². The van der Waals surface area contributed by atoms with Gasteiger partial charge in [-0.05, 0) is 26.7 Å². The van der Waals surface area contributed by atoms with E-state index in [1.165, 1.54) is 18.6 Å². The zero-order chi connectivity index (χ0) is 14.9. The lowest BCUT2D eigenvalue weighted by molar-refractivity contribution is -0.384. The molecule has 2 unspecified atom stereocenters. The summed E-state index contributed by atoms with van der Waals surface area (Å²) in [6.07, 6.45) is 3.39. The second-order valence-corrected chi connectivity index (χ2v) is 6.00. The number of hydrogen-bond donors (Lipinski definition) is 1. The molecular weight excluding hydrogens is 301 g/mol. The number of nitro benzene ring substituents is 1. The number of rotatable bonds is 3. The molecule has 1 aliphatic rings. The van der Waals surface area contributed by atoms with Crippen molar-refractivity contribution in [3.05, 3.63) is 32.3 Å². The summed E-state index contributed by atoms with van der Waals surface area (Å²) in [6, 6.07) is 3.35. The highest BCUT2D eigenvalue weighted by Crippen LogP contribution is 2.36. The summed E-state index contributed by atoms with van der Waals surface area (Å²) in [5, 5.41) is 13.4. The lowest BCUT2D eigenvalue weighted by Crippen LogP contribution is -2.47. The Balaban J connectivity index is 2.27. The summed E-state index contributed by atoms with van der Waals surface area (Å²) in [5.41, 5.74) is 3.65. The quantitative estimate of drug-likeness (QED) is 0.659. The summed E-state index contributed by atoms with van der Waals surface area (Å²) in [7, 11) is 0.